The van der Waals surface area contributed by atoms with Crippen molar-refractivity contribution >= 4 is 18.0 Å². The number of aromatic amines is 1. The Labute approximate surface area is 92.2 Å². The number of H-pyrrole nitrogens is 1. The molecule has 0 amide bonds. The predicted octanol–water partition coefficient (Wildman–Crippen LogP) is 1.71. The first-order chi connectivity index (χ1) is 7.25. The summed E-state index contributed by atoms with van der Waals surface area (Å²) in [6, 6.07) is 3.89. The fourth-order valence-electron chi connectivity index (χ4n) is 1.30. The molecule has 4 nitrogen and oxygen atoms in total. The Morgan fingerprint density at radius 1 is 1.40 bits per heavy atom. The average Bonchev–Trinajstić information content (AvgIpc) is 2.24. The van der Waals surface area contributed by atoms with Crippen molar-refractivity contribution in [3.63, 3.8) is 0 Å². The zero-order valence-electron chi connectivity index (χ0n) is 7.97. The molecule has 0 saturated heterocycles. The average molecular weight is 218 g/mol. The van der Waals surface area contributed by atoms with Gasteiger partial charge in [-0.25, -0.2) is 4.98 Å². The van der Waals surface area contributed by atoms with Gasteiger partial charge in [0.15, 0.2) is 4.77 Å². The highest BCUT2D eigenvalue weighted by atomic mass is 32.1. The number of hydrogen-bond donors (Lipinski definition) is 2. The van der Waals surface area contributed by atoms with Crippen LogP contribution in [0.2, 0.25) is 0 Å². The number of anilines is 1. The van der Waals surface area contributed by atoms with Gasteiger partial charge in [-0.05, 0) is 23.8 Å². The largest absolute Gasteiger partial charge is 0.385 e. The molecule has 0 saturated carbocycles. The summed E-state index contributed by atoms with van der Waals surface area (Å²) in [5.41, 5.74) is 7.81. The quantitative estimate of drug-likeness (QED) is 0.753. The summed E-state index contributed by atoms with van der Waals surface area (Å²) in [7, 11) is 0. The number of hydrogen-bond acceptors (Lipinski definition) is 4. The van der Waals surface area contributed by atoms with Crippen LogP contribution in [-0.4, -0.2) is 15.0 Å². The lowest BCUT2D eigenvalue weighted by Gasteiger charge is -2.03. The van der Waals surface area contributed by atoms with Crippen LogP contribution in [0, 0.1) is 4.77 Å². The van der Waals surface area contributed by atoms with Crippen LogP contribution >= 0.6 is 12.2 Å². The van der Waals surface area contributed by atoms with E-state index in [2.05, 4.69) is 15.0 Å². The molecule has 2 aromatic heterocycles. The van der Waals surface area contributed by atoms with Crippen molar-refractivity contribution in [3.8, 4) is 0 Å². The van der Waals surface area contributed by atoms with Crippen LogP contribution in [0.1, 0.15) is 11.1 Å². The van der Waals surface area contributed by atoms with Gasteiger partial charge in [-0.2, -0.15) is 0 Å². The molecule has 0 aromatic carbocycles. The molecule has 2 rings (SSSR count). The number of rotatable bonds is 2. The second-order valence-electron chi connectivity index (χ2n) is 3.17. The van der Waals surface area contributed by atoms with Crippen LogP contribution in [0.4, 0.5) is 5.82 Å². The van der Waals surface area contributed by atoms with E-state index in [-0.39, 0.29) is 0 Å². The van der Waals surface area contributed by atoms with E-state index in [4.69, 9.17) is 18.0 Å². The Morgan fingerprint density at radius 3 is 2.93 bits per heavy atom. The van der Waals surface area contributed by atoms with Gasteiger partial charge in [0.05, 0.1) is 0 Å². The number of pyridine rings is 1. The molecule has 0 bridgehead atoms. The summed E-state index contributed by atoms with van der Waals surface area (Å²) in [6.07, 6.45) is 5.95. The van der Waals surface area contributed by atoms with E-state index < -0.39 is 0 Å². The molecule has 0 unspecified atom stereocenters. The van der Waals surface area contributed by atoms with Crippen LogP contribution in [0.15, 0.2) is 30.7 Å². The summed E-state index contributed by atoms with van der Waals surface area (Å²) in [5, 5.41) is 0. The van der Waals surface area contributed by atoms with E-state index in [1.54, 1.807) is 18.6 Å². The highest BCUT2D eigenvalue weighted by Gasteiger charge is 2.01. The maximum atomic E-state index is 5.79. The molecule has 76 valence electrons. The number of nitrogens with zero attached hydrogens (tertiary/aromatic N) is 2. The summed E-state index contributed by atoms with van der Waals surface area (Å²) >= 11 is 4.86. The second-order valence-corrected chi connectivity index (χ2v) is 3.55. The minimum absolute atomic E-state index is 0.405. The summed E-state index contributed by atoms with van der Waals surface area (Å²) in [4.78, 5) is 10.9. The Hall–Kier alpha value is -1.75. The maximum absolute atomic E-state index is 5.79. The molecule has 0 atom stereocenters. The van der Waals surface area contributed by atoms with Crippen molar-refractivity contribution in [1.82, 2.24) is 15.0 Å². The number of aromatic nitrogens is 3. The van der Waals surface area contributed by atoms with Crippen LogP contribution in [-0.2, 0) is 6.42 Å². The van der Waals surface area contributed by atoms with Gasteiger partial charge in [0.2, 0.25) is 0 Å². The van der Waals surface area contributed by atoms with Crippen molar-refractivity contribution in [2.45, 2.75) is 6.42 Å². The lowest BCUT2D eigenvalue weighted by atomic mass is 10.1. The Bertz CT molecular complexity index is 506. The molecule has 3 N–H and O–H groups in total. The monoisotopic (exact) mass is 218 g/mol. The molecule has 5 heteroatoms. The fourth-order valence-corrected chi connectivity index (χ4v) is 1.46. The Morgan fingerprint density at radius 2 is 2.27 bits per heavy atom. The number of nitrogens with two attached hydrogens (primary N) is 1. The van der Waals surface area contributed by atoms with E-state index >= 15 is 0 Å². The standard InChI is InChI=1S/C10H10N4S/c11-9-8(6-13-10(15)14-9)4-7-2-1-3-12-5-7/h1-3,5-6H,4H2,(H3,11,13,14,15). The molecule has 2 aromatic rings. The van der Waals surface area contributed by atoms with Crippen LogP contribution in [0.5, 0.6) is 0 Å². The molecule has 0 spiro atoms. The normalized spacial score (nSPS) is 10.1. The van der Waals surface area contributed by atoms with Gasteiger partial charge in [0.25, 0.3) is 0 Å². The van der Waals surface area contributed by atoms with Gasteiger partial charge in [0.1, 0.15) is 5.82 Å². The Balaban J connectivity index is 2.29. The Kier molecular flexibility index (Phi) is 2.73. The summed E-state index contributed by atoms with van der Waals surface area (Å²) < 4.78 is 0.405. The van der Waals surface area contributed by atoms with E-state index in [0.717, 1.165) is 11.1 Å². The van der Waals surface area contributed by atoms with Crippen molar-refractivity contribution < 1.29 is 0 Å². The number of nitrogen functional groups attached to an aromatic ring is 1. The molecule has 0 radical (unpaired) electrons. The van der Waals surface area contributed by atoms with Gasteiger partial charge in [-0.1, -0.05) is 6.07 Å². The molecular formula is C10H10N4S. The zero-order valence-corrected chi connectivity index (χ0v) is 8.79. The van der Waals surface area contributed by atoms with E-state index in [9.17, 15) is 0 Å². The molecule has 2 heterocycles. The van der Waals surface area contributed by atoms with Crippen molar-refractivity contribution in [1.29, 1.82) is 0 Å². The van der Waals surface area contributed by atoms with Crippen LogP contribution in [0.25, 0.3) is 0 Å². The lowest BCUT2D eigenvalue weighted by molar-refractivity contribution is 1.05. The summed E-state index contributed by atoms with van der Waals surface area (Å²) in [6.45, 7) is 0. The zero-order chi connectivity index (χ0) is 10.7. The second kappa shape index (κ2) is 4.18. The first-order valence-corrected chi connectivity index (χ1v) is 4.89. The molecule has 15 heavy (non-hydrogen) atoms. The van der Waals surface area contributed by atoms with Gasteiger partial charge < -0.3 is 10.7 Å². The molecular weight excluding hydrogens is 208 g/mol. The maximum Gasteiger partial charge on any atom is 0.198 e. The predicted molar refractivity (Wildman–Crippen MR) is 60.9 cm³/mol. The SMILES string of the molecule is Nc1[nH]c(=S)ncc1Cc1cccnc1. The lowest BCUT2D eigenvalue weighted by Crippen LogP contribution is -2.00. The van der Waals surface area contributed by atoms with Crippen LogP contribution in [0.3, 0.4) is 0 Å². The van der Waals surface area contributed by atoms with E-state index in [1.165, 1.54) is 0 Å². The minimum atomic E-state index is 0.405. The van der Waals surface area contributed by atoms with E-state index in [1.807, 2.05) is 12.1 Å². The fraction of sp³-hybridized carbons (Fsp3) is 0.100. The van der Waals surface area contributed by atoms with Crippen molar-refractivity contribution in [2.24, 2.45) is 0 Å². The summed E-state index contributed by atoms with van der Waals surface area (Å²) in [5.74, 6) is 0.568. The first kappa shape index (κ1) is 9.79. The molecule has 0 aliphatic carbocycles. The first-order valence-electron chi connectivity index (χ1n) is 4.48. The molecule has 0 fully saturated rings. The smallest absolute Gasteiger partial charge is 0.198 e. The van der Waals surface area contributed by atoms with Crippen molar-refractivity contribution in [3.05, 3.63) is 46.6 Å². The molecule has 0 aliphatic heterocycles. The third-order valence-electron chi connectivity index (χ3n) is 2.04. The molecule has 0 aliphatic rings. The third kappa shape index (κ3) is 2.38. The van der Waals surface area contributed by atoms with E-state index in [0.29, 0.717) is 17.0 Å². The number of nitrogens with one attached hydrogen (secondary N) is 1. The highest BCUT2D eigenvalue weighted by Crippen LogP contribution is 2.11. The third-order valence-corrected chi connectivity index (χ3v) is 2.25. The highest BCUT2D eigenvalue weighted by molar-refractivity contribution is 7.71. The topological polar surface area (TPSA) is 67.6 Å². The van der Waals surface area contributed by atoms with Gasteiger partial charge >= 0.3 is 0 Å². The van der Waals surface area contributed by atoms with Gasteiger partial charge in [0, 0.05) is 30.6 Å². The van der Waals surface area contributed by atoms with Crippen LogP contribution < -0.4 is 5.73 Å². The van der Waals surface area contributed by atoms with Gasteiger partial charge in [-0.15, -0.1) is 0 Å². The van der Waals surface area contributed by atoms with Crippen molar-refractivity contribution in [2.75, 3.05) is 5.73 Å². The van der Waals surface area contributed by atoms with Gasteiger partial charge in [-0.3, -0.25) is 4.98 Å². The minimum Gasteiger partial charge on any atom is -0.385 e.